The number of likely N-dealkylation sites (tertiary alicyclic amines) is 1. The van der Waals surface area contributed by atoms with Crippen molar-refractivity contribution >= 4 is 22.8 Å². The van der Waals surface area contributed by atoms with Gasteiger partial charge in [0.05, 0.1) is 0 Å². The molecular formula is C22H27N5O. The molecule has 146 valence electrons. The number of benzene rings is 1. The minimum Gasteiger partial charge on any atom is -0.369 e. The average Bonchev–Trinajstić information content (AvgIpc) is 3.21. The van der Waals surface area contributed by atoms with Crippen molar-refractivity contribution in [2.45, 2.75) is 25.9 Å². The van der Waals surface area contributed by atoms with Gasteiger partial charge in [0.2, 0.25) is 0 Å². The summed E-state index contributed by atoms with van der Waals surface area (Å²) in [5, 5.41) is 4.18. The number of pyridine rings is 1. The first-order valence-corrected chi connectivity index (χ1v) is 9.85. The van der Waals surface area contributed by atoms with E-state index in [1.165, 1.54) is 0 Å². The normalized spacial score (nSPS) is 19.6. The molecule has 0 aliphatic carbocycles. The van der Waals surface area contributed by atoms with Crippen molar-refractivity contribution in [2.24, 2.45) is 5.92 Å². The minimum atomic E-state index is 0.00988. The van der Waals surface area contributed by atoms with Gasteiger partial charge >= 0.3 is 6.03 Å². The number of rotatable bonds is 4. The van der Waals surface area contributed by atoms with Crippen molar-refractivity contribution in [3.8, 4) is 0 Å². The van der Waals surface area contributed by atoms with E-state index in [2.05, 4.69) is 46.3 Å². The molecule has 2 N–H and O–H groups in total. The lowest BCUT2D eigenvalue weighted by atomic mass is 9.92. The van der Waals surface area contributed by atoms with Crippen molar-refractivity contribution in [3.63, 3.8) is 0 Å². The van der Waals surface area contributed by atoms with Crippen LogP contribution in [0.2, 0.25) is 0 Å². The first-order chi connectivity index (χ1) is 13.6. The number of urea groups is 1. The lowest BCUT2D eigenvalue weighted by Gasteiger charge is -2.42. The summed E-state index contributed by atoms with van der Waals surface area (Å²) in [6.45, 7) is 4.34. The first kappa shape index (κ1) is 18.3. The monoisotopic (exact) mass is 377 g/mol. The van der Waals surface area contributed by atoms with Gasteiger partial charge in [-0.3, -0.25) is 0 Å². The maximum Gasteiger partial charge on any atom is 0.317 e. The molecule has 1 aliphatic heterocycles. The molecule has 3 heterocycles. The minimum absolute atomic E-state index is 0.00988. The van der Waals surface area contributed by atoms with Gasteiger partial charge in [-0.15, -0.1) is 0 Å². The van der Waals surface area contributed by atoms with E-state index >= 15 is 0 Å². The van der Waals surface area contributed by atoms with Gasteiger partial charge in [0.1, 0.15) is 5.65 Å². The third-order valence-electron chi connectivity index (χ3n) is 5.81. The van der Waals surface area contributed by atoms with E-state index in [0.29, 0.717) is 19.0 Å². The number of nitrogens with zero attached hydrogens (tertiary/aromatic N) is 3. The third kappa shape index (κ3) is 3.67. The fourth-order valence-corrected chi connectivity index (χ4v) is 4.06. The lowest BCUT2D eigenvalue weighted by Crippen LogP contribution is -2.54. The van der Waals surface area contributed by atoms with Crippen LogP contribution in [0.1, 0.15) is 18.9 Å². The Kier molecular flexibility index (Phi) is 5.19. The van der Waals surface area contributed by atoms with Crippen LogP contribution in [0.25, 0.3) is 11.0 Å². The standard InChI is InChI=1S/C22H27N5O/c1-16-10-13-27(22(28)25-14-17-6-4-3-5-7-17)15-20(16)26(2)19-9-12-24-21-18(19)8-11-23-21/h3-9,11-12,16,20H,10,13-15H2,1-2H3,(H,23,24)(H,25,28)/t16-,20+/m1/s1. The number of aromatic amines is 1. The summed E-state index contributed by atoms with van der Waals surface area (Å²) in [4.78, 5) is 24.5. The summed E-state index contributed by atoms with van der Waals surface area (Å²) in [5.41, 5.74) is 3.15. The fourth-order valence-electron chi connectivity index (χ4n) is 4.06. The highest BCUT2D eigenvalue weighted by Gasteiger charge is 2.32. The van der Waals surface area contributed by atoms with Crippen molar-refractivity contribution < 1.29 is 4.79 Å². The number of anilines is 1. The fraction of sp³-hybridized carbons (Fsp3) is 0.364. The molecule has 2 amide bonds. The van der Waals surface area contributed by atoms with Crippen molar-refractivity contribution in [3.05, 3.63) is 60.4 Å². The van der Waals surface area contributed by atoms with Crippen LogP contribution in [0.4, 0.5) is 10.5 Å². The number of carbonyl (C=O) groups is 1. The molecular weight excluding hydrogens is 350 g/mol. The second kappa shape index (κ2) is 7.92. The molecule has 2 atom stereocenters. The van der Waals surface area contributed by atoms with Crippen molar-refractivity contribution in [2.75, 3.05) is 25.0 Å². The Morgan fingerprint density at radius 2 is 2.11 bits per heavy atom. The van der Waals surface area contributed by atoms with E-state index in [-0.39, 0.29) is 12.1 Å². The molecule has 28 heavy (non-hydrogen) atoms. The maximum atomic E-state index is 12.7. The number of nitrogens with one attached hydrogen (secondary N) is 2. The number of fused-ring (bicyclic) bond motifs is 1. The van der Waals surface area contributed by atoms with E-state index in [9.17, 15) is 4.79 Å². The summed E-state index contributed by atoms with van der Waals surface area (Å²) in [6, 6.07) is 14.4. The summed E-state index contributed by atoms with van der Waals surface area (Å²) < 4.78 is 0. The van der Waals surface area contributed by atoms with Crippen LogP contribution in [-0.4, -0.2) is 47.1 Å². The number of hydrogen-bond donors (Lipinski definition) is 2. The molecule has 1 aliphatic rings. The van der Waals surface area contributed by atoms with Gasteiger partial charge in [-0.1, -0.05) is 37.3 Å². The lowest BCUT2D eigenvalue weighted by molar-refractivity contribution is 0.161. The predicted molar refractivity (Wildman–Crippen MR) is 112 cm³/mol. The molecule has 0 radical (unpaired) electrons. The SMILES string of the molecule is C[C@@H]1CCN(C(=O)NCc2ccccc2)C[C@@H]1N(C)c1ccnc2[nH]ccc12. The summed E-state index contributed by atoms with van der Waals surface area (Å²) in [5.74, 6) is 0.505. The second-order valence-corrected chi connectivity index (χ2v) is 7.60. The molecule has 0 spiro atoms. The molecule has 0 bridgehead atoms. The molecule has 4 rings (SSSR count). The van der Waals surface area contributed by atoms with Gasteiger partial charge in [-0.2, -0.15) is 0 Å². The highest BCUT2D eigenvalue weighted by molar-refractivity contribution is 5.89. The molecule has 3 aromatic rings. The Labute approximate surface area is 165 Å². The van der Waals surface area contributed by atoms with E-state index in [1.54, 1.807) is 0 Å². The van der Waals surface area contributed by atoms with Crippen LogP contribution in [-0.2, 0) is 6.54 Å². The average molecular weight is 377 g/mol. The summed E-state index contributed by atoms with van der Waals surface area (Å²) in [7, 11) is 2.12. The zero-order chi connectivity index (χ0) is 19.5. The van der Waals surface area contributed by atoms with Crippen LogP contribution < -0.4 is 10.2 Å². The predicted octanol–water partition coefficient (Wildman–Crippen LogP) is 3.62. The van der Waals surface area contributed by atoms with Crippen LogP contribution in [0.15, 0.2) is 54.9 Å². The summed E-state index contributed by atoms with van der Waals surface area (Å²) >= 11 is 0. The number of H-pyrrole nitrogens is 1. The largest absolute Gasteiger partial charge is 0.369 e. The first-order valence-electron chi connectivity index (χ1n) is 9.85. The Hall–Kier alpha value is -3.02. The zero-order valence-corrected chi connectivity index (χ0v) is 16.4. The molecule has 2 aromatic heterocycles. The van der Waals surface area contributed by atoms with Crippen LogP contribution in [0.5, 0.6) is 0 Å². The molecule has 0 unspecified atom stereocenters. The smallest absolute Gasteiger partial charge is 0.317 e. The molecule has 6 heteroatoms. The highest BCUT2D eigenvalue weighted by atomic mass is 16.2. The van der Waals surface area contributed by atoms with Crippen LogP contribution in [0, 0.1) is 5.92 Å². The van der Waals surface area contributed by atoms with Gasteiger partial charge in [-0.25, -0.2) is 9.78 Å². The second-order valence-electron chi connectivity index (χ2n) is 7.60. The zero-order valence-electron chi connectivity index (χ0n) is 16.4. The number of piperidine rings is 1. The number of aromatic nitrogens is 2. The molecule has 1 saturated heterocycles. The van der Waals surface area contributed by atoms with Gasteiger partial charge in [-0.05, 0) is 30.0 Å². The topological polar surface area (TPSA) is 64.3 Å². The Morgan fingerprint density at radius 3 is 2.93 bits per heavy atom. The van der Waals surface area contributed by atoms with Gasteiger partial charge < -0.3 is 20.1 Å². The highest BCUT2D eigenvalue weighted by Crippen LogP contribution is 2.30. The molecule has 0 saturated carbocycles. The van der Waals surface area contributed by atoms with E-state index < -0.39 is 0 Å². The van der Waals surface area contributed by atoms with Crippen LogP contribution in [0.3, 0.4) is 0 Å². The Balaban J connectivity index is 1.45. The third-order valence-corrected chi connectivity index (χ3v) is 5.81. The Bertz CT molecular complexity index is 938. The van der Waals surface area contributed by atoms with E-state index in [1.807, 2.05) is 47.6 Å². The number of likely N-dealkylation sites (N-methyl/N-ethyl adjacent to an activating group) is 1. The number of carbonyl (C=O) groups excluding carboxylic acids is 1. The van der Waals surface area contributed by atoms with Crippen molar-refractivity contribution in [1.29, 1.82) is 0 Å². The quantitative estimate of drug-likeness (QED) is 0.730. The van der Waals surface area contributed by atoms with Crippen molar-refractivity contribution in [1.82, 2.24) is 20.2 Å². The molecule has 6 nitrogen and oxygen atoms in total. The summed E-state index contributed by atoms with van der Waals surface area (Å²) in [6.07, 6.45) is 4.75. The van der Waals surface area contributed by atoms with E-state index in [0.717, 1.165) is 35.2 Å². The number of amides is 2. The van der Waals surface area contributed by atoms with Gasteiger partial charge in [0.15, 0.2) is 0 Å². The molecule has 1 aromatic carbocycles. The number of hydrogen-bond acceptors (Lipinski definition) is 3. The molecule has 1 fully saturated rings. The Morgan fingerprint density at radius 1 is 1.29 bits per heavy atom. The maximum absolute atomic E-state index is 12.7. The van der Waals surface area contributed by atoms with Gasteiger partial charge in [0, 0.05) is 56.2 Å². The van der Waals surface area contributed by atoms with Gasteiger partial charge in [0.25, 0.3) is 0 Å². The van der Waals surface area contributed by atoms with Crippen LogP contribution >= 0.6 is 0 Å². The van der Waals surface area contributed by atoms with E-state index in [4.69, 9.17) is 0 Å².